The van der Waals surface area contributed by atoms with Gasteiger partial charge in [0.1, 0.15) is 0 Å². The van der Waals surface area contributed by atoms with Gasteiger partial charge < -0.3 is 0 Å². The molecule has 27 heavy (non-hydrogen) atoms. The second kappa shape index (κ2) is 8.97. The third-order valence-corrected chi connectivity index (χ3v) is 5.27. The quantitative estimate of drug-likeness (QED) is 0.589. The monoisotopic (exact) mass is 412 g/mol. The van der Waals surface area contributed by atoms with Crippen LogP contribution in [0.2, 0.25) is 0 Å². The van der Waals surface area contributed by atoms with E-state index in [4.69, 9.17) is 8.37 Å². The Morgan fingerprint density at radius 2 is 1.26 bits per heavy atom. The molecule has 0 saturated heterocycles. The summed E-state index contributed by atoms with van der Waals surface area (Å²) in [5, 5.41) is 0. The minimum atomic E-state index is -3.69. The van der Waals surface area contributed by atoms with Gasteiger partial charge in [-0.1, -0.05) is 54.6 Å². The summed E-state index contributed by atoms with van der Waals surface area (Å²) in [7, 11) is -7.37. The lowest BCUT2D eigenvalue weighted by Gasteiger charge is -2.28. The van der Waals surface area contributed by atoms with Gasteiger partial charge in [-0.05, 0) is 23.6 Å². The molecule has 0 amide bonds. The van der Waals surface area contributed by atoms with Crippen LogP contribution < -0.4 is 0 Å². The normalized spacial score (nSPS) is 13.6. The van der Waals surface area contributed by atoms with E-state index in [2.05, 4.69) is 0 Å². The van der Waals surface area contributed by atoms with Crippen molar-refractivity contribution < 1.29 is 25.2 Å². The van der Waals surface area contributed by atoms with E-state index < -0.39 is 26.2 Å². The molecule has 0 heterocycles. The van der Waals surface area contributed by atoms with Gasteiger partial charge in [0.25, 0.3) is 20.2 Å². The Morgan fingerprint density at radius 1 is 0.778 bits per heavy atom. The third kappa shape index (κ3) is 7.06. The average molecular weight is 413 g/mol. The molecule has 0 spiro atoms. The molecule has 0 aliphatic heterocycles. The van der Waals surface area contributed by atoms with Crippen LogP contribution in [0.25, 0.3) is 0 Å². The Hall–Kier alpha value is -1.74. The predicted molar refractivity (Wildman–Crippen MR) is 105 cm³/mol. The largest absolute Gasteiger partial charge is 0.270 e. The van der Waals surface area contributed by atoms with Crippen LogP contribution in [0.5, 0.6) is 0 Å². The maximum Gasteiger partial charge on any atom is 0.264 e. The molecular weight excluding hydrogens is 388 g/mol. The van der Waals surface area contributed by atoms with Gasteiger partial charge >= 0.3 is 0 Å². The lowest BCUT2D eigenvalue weighted by molar-refractivity contribution is 0.173. The van der Waals surface area contributed by atoms with Crippen molar-refractivity contribution in [2.75, 3.05) is 25.7 Å². The van der Waals surface area contributed by atoms with Crippen molar-refractivity contribution in [1.82, 2.24) is 0 Å². The fraction of sp³-hybridized carbons (Fsp3) is 0.368. The van der Waals surface area contributed by atoms with Gasteiger partial charge in [0.15, 0.2) is 0 Å². The summed E-state index contributed by atoms with van der Waals surface area (Å²) in [5.41, 5.74) is 2.89. The van der Waals surface area contributed by atoms with Crippen LogP contribution >= 0.6 is 0 Å². The second-order valence-corrected chi connectivity index (χ2v) is 9.77. The van der Waals surface area contributed by atoms with Gasteiger partial charge in [0.05, 0.1) is 25.7 Å². The molecule has 2 aromatic rings. The molecule has 0 aliphatic rings. The van der Waals surface area contributed by atoms with Crippen molar-refractivity contribution in [2.24, 2.45) is 5.92 Å². The summed E-state index contributed by atoms with van der Waals surface area (Å²) in [5.74, 6) is -0.825. The minimum Gasteiger partial charge on any atom is -0.270 e. The Morgan fingerprint density at radius 3 is 1.74 bits per heavy atom. The summed E-state index contributed by atoms with van der Waals surface area (Å²) in [4.78, 5) is 0. The minimum absolute atomic E-state index is 0.192. The first kappa shape index (κ1) is 21.6. The summed E-state index contributed by atoms with van der Waals surface area (Å²) < 4.78 is 56.1. The first-order valence-electron chi connectivity index (χ1n) is 8.36. The van der Waals surface area contributed by atoms with Crippen LogP contribution in [0, 0.1) is 12.8 Å². The van der Waals surface area contributed by atoms with Gasteiger partial charge in [-0.15, -0.1) is 0 Å². The Kier molecular flexibility index (Phi) is 7.16. The van der Waals surface area contributed by atoms with Gasteiger partial charge in [0.2, 0.25) is 0 Å². The van der Waals surface area contributed by atoms with Crippen molar-refractivity contribution in [2.45, 2.75) is 12.8 Å². The molecule has 0 aliphatic carbocycles. The maximum absolute atomic E-state index is 11.5. The van der Waals surface area contributed by atoms with Gasteiger partial charge in [0, 0.05) is 11.8 Å². The molecule has 0 bridgehead atoms. The summed E-state index contributed by atoms with van der Waals surface area (Å²) in [6.45, 7) is 1.57. The summed E-state index contributed by atoms with van der Waals surface area (Å²) in [6, 6.07) is 17.2. The number of aryl methyl sites for hydroxylation is 1. The SMILES string of the molecule is Cc1ccccc1C(c1ccccc1)C(COS(C)(=O)=O)COS(C)(=O)=O. The molecule has 2 rings (SSSR count). The zero-order valence-electron chi connectivity index (χ0n) is 15.5. The standard InChI is InChI=1S/C19H24O6S2/c1-15-9-7-8-12-18(15)19(16-10-5-4-6-11-16)17(13-24-26(2,20)21)14-25-27(3,22)23/h4-12,17,19H,13-14H2,1-3H3. The van der Waals surface area contributed by atoms with E-state index in [1.54, 1.807) is 0 Å². The fourth-order valence-electron chi connectivity index (χ4n) is 2.96. The molecule has 0 saturated carbocycles. The van der Waals surface area contributed by atoms with Crippen LogP contribution in [0.3, 0.4) is 0 Å². The molecule has 0 N–H and O–H groups in total. The van der Waals surface area contributed by atoms with E-state index in [1.807, 2.05) is 61.5 Å². The number of rotatable bonds is 9. The smallest absolute Gasteiger partial charge is 0.264 e. The third-order valence-electron chi connectivity index (χ3n) is 4.15. The van der Waals surface area contributed by atoms with Crippen molar-refractivity contribution in [3.05, 3.63) is 71.3 Å². The molecule has 0 fully saturated rings. The van der Waals surface area contributed by atoms with E-state index in [-0.39, 0.29) is 19.1 Å². The van der Waals surface area contributed by atoms with Crippen molar-refractivity contribution in [1.29, 1.82) is 0 Å². The van der Waals surface area contributed by atoms with Crippen LogP contribution in [-0.2, 0) is 28.6 Å². The fourth-order valence-corrected chi connectivity index (χ4v) is 3.81. The Balaban J connectivity index is 2.49. The topological polar surface area (TPSA) is 86.7 Å². The van der Waals surface area contributed by atoms with Crippen molar-refractivity contribution in [3.8, 4) is 0 Å². The first-order chi connectivity index (χ1) is 12.6. The molecule has 148 valence electrons. The highest BCUT2D eigenvalue weighted by molar-refractivity contribution is 7.86. The predicted octanol–water partition coefficient (Wildman–Crippen LogP) is 2.70. The van der Waals surface area contributed by atoms with E-state index >= 15 is 0 Å². The average Bonchev–Trinajstić information content (AvgIpc) is 2.58. The molecule has 0 aromatic heterocycles. The molecule has 0 radical (unpaired) electrons. The zero-order valence-corrected chi connectivity index (χ0v) is 17.2. The van der Waals surface area contributed by atoms with Gasteiger partial charge in [-0.25, -0.2) is 0 Å². The molecule has 1 atom stereocenters. The van der Waals surface area contributed by atoms with Crippen molar-refractivity contribution >= 4 is 20.2 Å². The van der Waals surface area contributed by atoms with Crippen LogP contribution in [0.1, 0.15) is 22.6 Å². The van der Waals surface area contributed by atoms with E-state index in [9.17, 15) is 16.8 Å². The van der Waals surface area contributed by atoms with Crippen LogP contribution in [0.4, 0.5) is 0 Å². The van der Waals surface area contributed by atoms with E-state index in [1.165, 1.54) is 0 Å². The van der Waals surface area contributed by atoms with Gasteiger partial charge in [-0.3, -0.25) is 8.37 Å². The van der Waals surface area contributed by atoms with Gasteiger partial charge in [-0.2, -0.15) is 16.8 Å². The number of hydrogen-bond donors (Lipinski definition) is 0. The highest BCUT2D eigenvalue weighted by Crippen LogP contribution is 2.35. The van der Waals surface area contributed by atoms with E-state index in [0.29, 0.717) is 0 Å². The lowest BCUT2D eigenvalue weighted by Crippen LogP contribution is -2.27. The Bertz CT molecular complexity index is 917. The maximum atomic E-state index is 11.5. The molecule has 8 heteroatoms. The molecule has 1 unspecified atom stereocenters. The number of hydrogen-bond acceptors (Lipinski definition) is 6. The second-order valence-electron chi connectivity index (χ2n) is 6.48. The van der Waals surface area contributed by atoms with E-state index in [0.717, 1.165) is 29.2 Å². The summed E-state index contributed by atoms with van der Waals surface area (Å²) in [6.07, 6.45) is 1.93. The van der Waals surface area contributed by atoms with Crippen LogP contribution in [-0.4, -0.2) is 42.6 Å². The summed E-state index contributed by atoms with van der Waals surface area (Å²) >= 11 is 0. The zero-order chi connectivity index (χ0) is 20.1. The molecule has 6 nitrogen and oxygen atoms in total. The molecular formula is C19H24O6S2. The Labute approximate surface area is 161 Å². The van der Waals surface area contributed by atoms with Crippen LogP contribution in [0.15, 0.2) is 54.6 Å². The number of benzene rings is 2. The highest BCUT2D eigenvalue weighted by atomic mass is 32.2. The van der Waals surface area contributed by atoms with Crippen molar-refractivity contribution in [3.63, 3.8) is 0 Å². The highest BCUT2D eigenvalue weighted by Gasteiger charge is 2.29. The molecule has 2 aromatic carbocycles. The first-order valence-corrected chi connectivity index (χ1v) is 12.0. The lowest BCUT2D eigenvalue weighted by atomic mass is 9.80.